The molecule has 0 aliphatic rings. The summed E-state index contributed by atoms with van der Waals surface area (Å²) in [5, 5.41) is 0. The van der Waals surface area contributed by atoms with Gasteiger partial charge in [-0.15, -0.1) is 0 Å². The number of pyridine rings is 1. The van der Waals surface area contributed by atoms with Gasteiger partial charge < -0.3 is 5.73 Å². The van der Waals surface area contributed by atoms with Crippen molar-refractivity contribution in [2.75, 3.05) is 5.73 Å². The number of hydrazine groups is 1. The van der Waals surface area contributed by atoms with Gasteiger partial charge in [0.25, 0.3) is 0 Å². The highest BCUT2D eigenvalue weighted by Gasteiger charge is 2.13. The number of rotatable bonds is 5. The molecule has 1 aromatic heterocycles. The molecule has 0 spiro atoms. The topological polar surface area (TPSA) is 77.0 Å². The van der Waals surface area contributed by atoms with Crippen LogP contribution in [0.3, 0.4) is 0 Å². The lowest BCUT2D eigenvalue weighted by atomic mass is 9.98. The first-order chi connectivity index (χ1) is 7.15. The third-order valence-electron chi connectivity index (χ3n) is 2.48. The number of nitrogens with one attached hydrogen (secondary N) is 1. The van der Waals surface area contributed by atoms with Crippen LogP contribution in [0.5, 0.6) is 0 Å². The lowest BCUT2D eigenvalue weighted by molar-refractivity contribution is 0.448. The number of hydrogen-bond acceptors (Lipinski definition) is 4. The third-order valence-corrected chi connectivity index (χ3v) is 2.48. The molecular weight excluding hydrogens is 188 g/mol. The van der Waals surface area contributed by atoms with E-state index < -0.39 is 0 Å². The first-order valence-electron chi connectivity index (χ1n) is 5.31. The molecule has 0 amide bonds. The maximum absolute atomic E-state index is 5.80. The van der Waals surface area contributed by atoms with Crippen LogP contribution in [0, 0.1) is 5.92 Å². The highest BCUT2D eigenvalue weighted by Crippen LogP contribution is 2.23. The molecule has 1 rings (SSSR count). The first-order valence-corrected chi connectivity index (χ1v) is 5.31. The summed E-state index contributed by atoms with van der Waals surface area (Å²) in [5.74, 6) is 6.75. The van der Waals surface area contributed by atoms with Gasteiger partial charge in [-0.25, -0.2) is 4.98 Å². The highest BCUT2D eigenvalue weighted by atomic mass is 15.2. The summed E-state index contributed by atoms with van der Waals surface area (Å²) >= 11 is 0. The lowest BCUT2D eigenvalue weighted by Gasteiger charge is -2.18. The van der Waals surface area contributed by atoms with E-state index in [1.165, 1.54) is 0 Å². The highest BCUT2D eigenvalue weighted by molar-refractivity contribution is 5.40. The van der Waals surface area contributed by atoms with Gasteiger partial charge in [-0.05, 0) is 24.8 Å². The van der Waals surface area contributed by atoms with Crippen molar-refractivity contribution >= 4 is 5.82 Å². The van der Waals surface area contributed by atoms with Gasteiger partial charge in [0.1, 0.15) is 5.82 Å². The molecule has 1 atom stereocenters. The van der Waals surface area contributed by atoms with Crippen LogP contribution in [-0.4, -0.2) is 4.98 Å². The Balaban J connectivity index is 2.70. The normalized spacial score (nSPS) is 13.1. The summed E-state index contributed by atoms with van der Waals surface area (Å²) in [7, 11) is 0. The van der Waals surface area contributed by atoms with Crippen molar-refractivity contribution in [2.24, 2.45) is 11.8 Å². The minimum Gasteiger partial charge on any atom is -0.383 e. The number of nitrogen functional groups attached to an aromatic ring is 1. The summed E-state index contributed by atoms with van der Waals surface area (Å²) in [5.41, 5.74) is 9.58. The summed E-state index contributed by atoms with van der Waals surface area (Å²) in [4.78, 5) is 4.06. The summed E-state index contributed by atoms with van der Waals surface area (Å²) in [6, 6.07) is 3.94. The molecule has 0 saturated carbocycles. The molecule has 84 valence electrons. The van der Waals surface area contributed by atoms with Crippen molar-refractivity contribution in [3.8, 4) is 0 Å². The fraction of sp³-hybridized carbons (Fsp3) is 0.545. The van der Waals surface area contributed by atoms with Gasteiger partial charge in [0.05, 0.1) is 0 Å². The van der Waals surface area contributed by atoms with Crippen molar-refractivity contribution in [3.63, 3.8) is 0 Å². The lowest BCUT2D eigenvalue weighted by Crippen LogP contribution is -2.29. The molecule has 4 heteroatoms. The molecule has 0 fully saturated rings. The smallest absolute Gasteiger partial charge is 0.128 e. The van der Waals surface area contributed by atoms with Crippen molar-refractivity contribution in [1.82, 2.24) is 10.4 Å². The number of hydrogen-bond donors (Lipinski definition) is 3. The molecule has 1 heterocycles. The monoisotopic (exact) mass is 208 g/mol. The second-order valence-corrected chi connectivity index (χ2v) is 4.17. The van der Waals surface area contributed by atoms with Crippen molar-refractivity contribution in [3.05, 3.63) is 23.9 Å². The van der Waals surface area contributed by atoms with Gasteiger partial charge in [-0.1, -0.05) is 19.9 Å². The van der Waals surface area contributed by atoms with E-state index in [0.717, 1.165) is 18.4 Å². The van der Waals surface area contributed by atoms with Crippen molar-refractivity contribution in [1.29, 1.82) is 0 Å². The Morgan fingerprint density at radius 1 is 1.40 bits per heavy atom. The Bertz CT molecular complexity index is 298. The minimum atomic E-state index is 0.0982. The molecule has 0 aliphatic carbocycles. The molecule has 0 saturated heterocycles. The quantitative estimate of drug-likeness (QED) is 0.507. The standard InChI is InChI=1S/C11H20N4/c1-8(2)5-6-10(15-13)9-4-3-7-14-11(9)12/h3-4,7-8,10,15H,5-6,13H2,1-2H3,(H2,12,14). The summed E-state index contributed by atoms with van der Waals surface area (Å²) < 4.78 is 0. The Labute approximate surface area is 91.0 Å². The maximum atomic E-state index is 5.80. The van der Waals surface area contributed by atoms with Crippen LogP contribution in [0.1, 0.15) is 38.3 Å². The van der Waals surface area contributed by atoms with E-state index in [1.54, 1.807) is 6.20 Å². The molecule has 0 aliphatic heterocycles. The van der Waals surface area contributed by atoms with Gasteiger partial charge >= 0.3 is 0 Å². The minimum absolute atomic E-state index is 0.0982. The molecule has 4 nitrogen and oxygen atoms in total. The molecule has 15 heavy (non-hydrogen) atoms. The largest absolute Gasteiger partial charge is 0.383 e. The Hall–Kier alpha value is -1.13. The fourth-order valence-corrected chi connectivity index (χ4v) is 1.55. The Kier molecular flexibility index (Phi) is 4.52. The number of nitrogens with two attached hydrogens (primary N) is 2. The van der Waals surface area contributed by atoms with Crippen LogP contribution >= 0.6 is 0 Å². The van der Waals surface area contributed by atoms with Gasteiger partial charge in [-0.3, -0.25) is 11.3 Å². The molecule has 1 unspecified atom stereocenters. The van der Waals surface area contributed by atoms with Gasteiger partial charge in [0, 0.05) is 17.8 Å². The van der Waals surface area contributed by atoms with E-state index in [1.807, 2.05) is 12.1 Å². The number of nitrogens with zero attached hydrogens (tertiary/aromatic N) is 1. The van der Waals surface area contributed by atoms with Crippen LogP contribution in [-0.2, 0) is 0 Å². The third kappa shape index (κ3) is 3.49. The summed E-state index contributed by atoms with van der Waals surface area (Å²) in [6.45, 7) is 4.39. The van der Waals surface area contributed by atoms with E-state index in [4.69, 9.17) is 11.6 Å². The van der Waals surface area contributed by atoms with E-state index in [9.17, 15) is 0 Å². The van der Waals surface area contributed by atoms with Crippen LogP contribution in [0.2, 0.25) is 0 Å². The second kappa shape index (κ2) is 5.68. The maximum Gasteiger partial charge on any atom is 0.128 e. The fourth-order valence-electron chi connectivity index (χ4n) is 1.55. The Morgan fingerprint density at radius 2 is 2.13 bits per heavy atom. The van der Waals surface area contributed by atoms with E-state index in [0.29, 0.717) is 11.7 Å². The zero-order valence-corrected chi connectivity index (χ0v) is 9.40. The first kappa shape index (κ1) is 11.9. The van der Waals surface area contributed by atoms with Crippen molar-refractivity contribution in [2.45, 2.75) is 32.7 Å². The zero-order chi connectivity index (χ0) is 11.3. The second-order valence-electron chi connectivity index (χ2n) is 4.17. The average molecular weight is 208 g/mol. The SMILES string of the molecule is CC(C)CCC(NN)c1cccnc1N. The van der Waals surface area contributed by atoms with Gasteiger partial charge in [0.2, 0.25) is 0 Å². The molecule has 0 aromatic carbocycles. The molecule has 1 aromatic rings. The van der Waals surface area contributed by atoms with Crippen LogP contribution in [0.15, 0.2) is 18.3 Å². The van der Waals surface area contributed by atoms with Gasteiger partial charge in [0.15, 0.2) is 0 Å². The predicted octanol–water partition coefficient (Wildman–Crippen LogP) is 1.60. The summed E-state index contributed by atoms with van der Waals surface area (Å²) in [6.07, 6.45) is 3.78. The van der Waals surface area contributed by atoms with Crippen LogP contribution < -0.4 is 17.0 Å². The molecular formula is C11H20N4. The number of anilines is 1. The van der Waals surface area contributed by atoms with Crippen molar-refractivity contribution < 1.29 is 0 Å². The average Bonchev–Trinajstić information content (AvgIpc) is 2.21. The van der Waals surface area contributed by atoms with Crippen LogP contribution in [0.4, 0.5) is 5.82 Å². The Morgan fingerprint density at radius 3 is 2.67 bits per heavy atom. The van der Waals surface area contributed by atoms with E-state index >= 15 is 0 Å². The molecule has 0 radical (unpaired) electrons. The molecule has 0 bridgehead atoms. The predicted molar refractivity (Wildman–Crippen MR) is 62.8 cm³/mol. The van der Waals surface area contributed by atoms with Crippen LogP contribution in [0.25, 0.3) is 0 Å². The number of aromatic nitrogens is 1. The zero-order valence-electron chi connectivity index (χ0n) is 9.40. The van der Waals surface area contributed by atoms with E-state index in [2.05, 4.69) is 24.3 Å². The van der Waals surface area contributed by atoms with Gasteiger partial charge in [-0.2, -0.15) is 0 Å². The molecule has 5 N–H and O–H groups in total. The van der Waals surface area contributed by atoms with E-state index in [-0.39, 0.29) is 6.04 Å².